The summed E-state index contributed by atoms with van der Waals surface area (Å²) < 4.78 is 11.2. The number of methoxy groups -OCH3 is 1. The Morgan fingerprint density at radius 2 is 1.94 bits per heavy atom. The summed E-state index contributed by atoms with van der Waals surface area (Å²) >= 11 is 0. The van der Waals surface area contributed by atoms with E-state index < -0.39 is 0 Å². The predicted octanol–water partition coefficient (Wildman–Crippen LogP) is 0.622. The molecule has 0 radical (unpaired) electrons. The minimum Gasteiger partial charge on any atom is -1.00 e. The number of fused-ring (bicyclic) bond motifs is 1. The van der Waals surface area contributed by atoms with Crippen LogP contribution in [0.5, 0.6) is 5.75 Å². The highest BCUT2D eigenvalue weighted by Gasteiger charge is 2.39. The van der Waals surface area contributed by atoms with Gasteiger partial charge in [-0.2, -0.15) is 4.99 Å². The standard InChI is InChI=1S/C25H23N3O2.ClH/c1-29-16-19-12-21(13-19)24-23-15-26-10-11-28(23)25(27-24)20-8-5-9-22(14-20)30-17-18-6-3-2-4-7-18;/h2-11,14-16,21H,12-13,17H2,1H3;1H. The number of rotatable bonds is 6. The third-order valence-electron chi connectivity index (χ3n) is 5.63. The molecule has 0 bridgehead atoms. The average molecular weight is 434 g/mol. The summed E-state index contributed by atoms with van der Waals surface area (Å²) in [6.45, 7) is 0.547. The van der Waals surface area contributed by atoms with E-state index in [2.05, 4.69) is 35.5 Å². The van der Waals surface area contributed by atoms with Gasteiger partial charge in [0.05, 0.1) is 31.3 Å². The lowest BCUT2D eigenvalue weighted by Gasteiger charge is -2.28. The number of benzene rings is 2. The first-order valence-electron chi connectivity index (χ1n) is 10.2. The number of hydrogen-bond acceptors (Lipinski definition) is 4. The SMILES string of the molecule is COC=C1CC(C2=C3C=NC=C[NH+]3C(c3cccc(OCc4ccccc4)c3)=N2)C1.[Cl-]. The van der Waals surface area contributed by atoms with Crippen molar-refractivity contribution in [2.45, 2.75) is 19.4 Å². The van der Waals surface area contributed by atoms with E-state index in [4.69, 9.17) is 14.5 Å². The van der Waals surface area contributed by atoms with Crippen molar-refractivity contribution in [2.24, 2.45) is 15.9 Å². The van der Waals surface area contributed by atoms with Crippen molar-refractivity contribution >= 4 is 12.1 Å². The molecule has 1 fully saturated rings. The van der Waals surface area contributed by atoms with Gasteiger partial charge in [-0.05, 0) is 42.2 Å². The molecule has 0 spiro atoms. The molecular formula is C25H24ClN3O2. The summed E-state index contributed by atoms with van der Waals surface area (Å²) in [5.74, 6) is 2.26. The summed E-state index contributed by atoms with van der Waals surface area (Å²) in [5, 5.41) is 0. The highest BCUT2D eigenvalue weighted by atomic mass is 35.5. The topological polar surface area (TPSA) is 47.6 Å². The van der Waals surface area contributed by atoms with Gasteiger partial charge in [0.25, 0.3) is 0 Å². The van der Waals surface area contributed by atoms with Crippen LogP contribution < -0.4 is 22.0 Å². The van der Waals surface area contributed by atoms with Crippen LogP contribution in [0.4, 0.5) is 0 Å². The second kappa shape index (κ2) is 9.33. The highest BCUT2D eigenvalue weighted by molar-refractivity contribution is 5.98. The Morgan fingerprint density at radius 3 is 2.74 bits per heavy atom. The summed E-state index contributed by atoms with van der Waals surface area (Å²) in [4.78, 5) is 10.6. The summed E-state index contributed by atoms with van der Waals surface area (Å²) in [7, 11) is 1.70. The van der Waals surface area contributed by atoms with Crippen molar-refractivity contribution < 1.29 is 26.8 Å². The van der Waals surface area contributed by atoms with Crippen molar-refractivity contribution in [3.63, 3.8) is 0 Å². The van der Waals surface area contributed by atoms with Gasteiger partial charge < -0.3 is 21.9 Å². The van der Waals surface area contributed by atoms with Crippen LogP contribution in [0.25, 0.3) is 0 Å². The van der Waals surface area contributed by atoms with Gasteiger partial charge in [0.2, 0.25) is 5.84 Å². The first-order chi connectivity index (χ1) is 14.8. The zero-order valence-corrected chi connectivity index (χ0v) is 18.0. The third kappa shape index (κ3) is 4.33. The number of nitrogens with zero attached hydrogens (tertiary/aromatic N) is 2. The van der Waals surface area contributed by atoms with Crippen LogP contribution in [-0.4, -0.2) is 19.2 Å². The fraction of sp³-hybridized carbons (Fsp3) is 0.200. The van der Waals surface area contributed by atoms with Gasteiger partial charge in [0.1, 0.15) is 24.3 Å². The van der Waals surface area contributed by atoms with Gasteiger partial charge in [0.15, 0.2) is 5.70 Å². The minimum atomic E-state index is 0. The first kappa shape index (κ1) is 21.1. The van der Waals surface area contributed by atoms with Gasteiger partial charge in [-0.15, -0.1) is 0 Å². The number of allylic oxidation sites excluding steroid dienone is 3. The Balaban J connectivity index is 0.00000231. The van der Waals surface area contributed by atoms with Gasteiger partial charge >= 0.3 is 0 Å². The Labute approximate surface area is 188 Å². The molecule has 1 unspecified atom stereocenters. The average Bonchev–Trinajstić information content (AvgIpc) is 3.15. The largest absolute Gasteiger partial charge is 1.00 e. The molecule has 158 valence electrons. The number of nitrogens with one attached hydrogen (secondary N) is 1. The lowest BCUT2D eigenvalue weighted by Crippen LogP contribution is -3.08. The number of amidine groups is 1. The summed E-state index contributed by atoms with van der Waals surface area (Å²) in [6.07, 6.45) is 9.68. The lowest BCUT2D eigenvalue weighted by molar-refractivity contribution is -0.689. The molecular weight excluding hydrogens is 410 g/mol. The zero-order valence-electron chi connectivity index (χ0n) is 17.3. The van der Waals surface area contributed by atoms with Crippen molar-refractivity contribution in [2.75, 3.05) is 7.11 Å². The molecule has 2 aromatic rings. The molecule has 5 rings (SSSR count). The molecule has 1 atom stereocenters. The third-order valence-corrected chi connectivity index (χ3v) is 5.63. The van der Waals surface area contributed by atoms with Crippen LogP contribution in [0.2, 0.25) is 0 Å². The normalized spacial score (nSPS) is 21.1. The van der Waals surface area contributed by atoms with Crippen LogP contribution in [0, 0.1) is 5.92 Å². The van der Waals surface area contributed by atoms with Crippen molar-refractivity contribution in [3.05, 3.63) is 101 Å². The fourth-order valence-corrected chi connectivity index (χ4v) is 4.08. The van der Waals surface area contributed by atoms with E-state index in [-0.39, 0.29) is 12.4 Å². The van der Waals surface area contributed by atoms with Crippen LogP contribution >= 0.6 is 0 Å². The van der Waals surface area contributed by atoms with Crippen LogP contribution in [0.15, 0.2) is 100 Å². The van der Waals surface area contributed by atoms with Crippen molar-refractivity contribution in [1.82, 2.24) is 0 Å². The molecule has 0 saturated heterocycles. The number of halogens is 1. The second-order valence-electron chi connectivity index (χ2n) is 7.69. The zero-order chi connectivity index (χ0) is 20.3. The number of aliphatic imine (C=N–C) groups is 2. The molecule has 1 saturated carbocycles. The van der Waals surface area contributed by atoms with E-state index in [0.29, 0.717) is 12.5 Å². The lowest BCUT2D eigenvalue weighted by atomic mass is 9.78. The van der Waals surface area contributed by atoms with Gasteiger partial charge in [0, 0.05) is 5.92 Å². The van der Waals surface area contributed by atoms with E-state index in [0.717, 1.165) is 51.8 Å². The Morgan fingerprint density at radius 1 is 1.10 bits per heavy atom. The summed E-state index contributed by atoms with van der Waals surface area (Å²) in [5.41, 5.74) is 5.83. The molecule has 3 aliphatic rings. The molecule has 1 aliphatic carbocycles. The maximum absolute atomic E-state index is 6.03. The van der Waals surface area contributed by atoms with Gasteiger partial charge in [-0.1, -0.05) is 36.4 Å². The maximum atomic E-state index is 6.03. The molecule has 2 aromatic carbocycles. The van der Waals surface area contributed by atoms with Crippen LogP contribution in [0.1, 0.15) is 24.0 Å². The van der Waals surface area contributed by atoms with Crippen molar-refractivity contribution in [3.8, 4) is 5.75 Å². The molecule has 6 heteroatoms. The first-order valence-corrected chi connectivity index (χ1v) is 10.2. The Hall–Kier alpha value is -3.15. The maximum Gasteiger partial charge on any atom is 0.243 e. The number of quaternary nitrogens is 1. The highest BCUT2D eigenvalue weighted by Crippen LogP contribution is 2.40. The smallest absolute Gasteiger partial charge is 0.243 e. The molecule has 0 amide bonds. The van der Waals surface area contributed by atoms with Gasteiger partial charge in [-0.3, -0.25) is 4.99 Å². The predicted molar refractivity (Wildman–Crippen MR) is 117 cm³/mol. The van der Waals surface area contributed by atoms with E-state index in [1.54, 1.807) is 7.11 Å². The van der Waals surface area contributed by atoms with E-state index in [1.165, 1.54) is 5.57 Å². The van der Waals surface area contributed by atoms with Gasteiger partial charge in [-0.25, -0.2) is 4.90 Å². The number of hydrogen-bond donors (Lipinski definition) is 1. The van der Waals surface area contributed by atoms with Crippen molar-refractivity contribution in [1.29, 1.82) is 0 Å². The van der Waals surface area contributed by atoms with Crippen LogP contribution in [0.3, 0.4) is 0 Å². The monoisotopic (exact) mass is 433 g/mol. The molecule has 2 aliphatic heterocycles. The molecule has 0 aromatic heterocycles. The summed E-state index contributed by atoms with van der Waals surface area (Å²) in [6, 6.07) is 18.4. The molecule has 5 nitrogen and oxygen atoms in total. The fourth-order valence-electron chi connectivity index (χ4n) is 4.08. The van der Waals surface area contributed by atoms with E-state index in [9.17, 15) is 0 Å². The Kier molecular flexibility index (Phi) is 6.35. The molecule has 2 heterocycles. The molecule has 1 N–H and O–H groups in total. The van der Waals surface area contributed by atoms with E-state index >= 15 is 0 Å². The second-order valence-corrected chi connectivity index (χ2v) is 7.69. The quantitative estimate of drug-likeness (QED) is 0.679. The minimum absolute atomic E-state index is 0. The van der Waals surface area contributed by atoms with Crippen LogP contribution in [-0.2, 0) is 11.3 Å². The Bertz CT molecular complexity index is 1090. The van der Waals surface area contributed by atoms with E-state index in [1.807, 2.05) is 49.0 Å². The number of ether oxygens (including phenoxy) is 2. The molecule has 31 heavy (non-hydrogen) atoms.